The molecule has 0 radical (unpaired) electrons. The Labute approximate surface area is 173 Å². The van der Waals surface area contributed by atoms with Gasteiger partial charge in [0.25, 0.3) is 5.91 Å². The van der Waals surface area contributed by atoms with Crippen molar-refractivity contribution < 1.29 is 23.8 Å². The van der Waals surface area contributed by atoms with Gasteiger partial charge in [-0.1, -0.05) is 0 Å². The van der Waals surface area contributed by atoms with Crippen molar-refractivity contribution in [3.05, 3.63) is 54.4 Å². The largest absolute Gasteiger partial charge is 0.394 e. The summed E-state index contributed by atoms with van der Waals surface area (Å²) < 4.78 is 18.8. The number of ether oxygens (including phenoxy) is 1. The Morgan fingerprint density at radius 1 is 1.20 bits per heavy atom. The summed E-state index contributed by atoms with van der Waals surface area (Å²) in [5.41, 5.74) is 0.692. The lowest BCUT2D eigenvalue weighted by Crippen LogP contribution is -2.51. The number of nitrogens with one attached hydrogen (secondary N) is 3. The molecule has 0 unspecified atom stereocenters. The fourth-order valence-corrected chi connectivity index (χ4v) is 3.22. The normalized spacial score (nSPS) is 20.9. The van der Waals surface area contributed by atoms with Crippen molar-refractivity contribution in [3.8, 4) is 0 Å². The molecule has 4 N–H and O–H groups in total. The van der Waals surface area contributed by atoms with Crippen LogP contribution in [0.4, 0.5) is 14.9 Å². The highest BCUT2D eigenvalue weighted by molar-refractivity contribution is 5.92. The summed E-state index contributed by atoms with van der Waals surface area (Å²) in [6.07, 6.45) is 5.44. The molecule has 1 aliphatic heterocycles. The minimum atomic E-state index is -0.544. The lowest BCUT2D eigenvalue weighted by molar-refractivity contribution is -0.0892. The maximum atomic E-state index is 12.9. The van der Waals surface area contributed by atoms with E-state index in [1.54, 1.807) is 0 Å². The molecule has 1 fully saturated rings. The summed E-state index contributed by atoms with van der Waals surface area (Å²) in [7, 11) is 0. The number of hydrogen-bond acceptors (Lipinski definition) is 6. The number of aliphatic hydroxyl groups excluding tert-OH is 1. The summed E-state index contributed by atoms with van der Waals surface area (Å²) in [6.45, 7) is 0.132. The van der Waals surface area contributed by atoms with E-state index in [4.69, 9.17) is 4.74 Å². The molecule has 0 spiro atoms. The second kappa shape index (κ2) is 10.6. The maximum Gasteiger partial charge on any atom is 0.319 e. The van der Waals surface area contributed by atoms with Gasteiger partial charge < -0.3 is 25.8 Å². The van der Waals surface area contributed by atoms with E-state index in [0.29, 0.717) is 31.5 Å². The van der Waals surface area contributed by atoms with Gasteiger partial charge in [0, 0.05) is 24.6 Å². The van der Waals surface area contributed by atoms with Crippen LogP contribution < -0.4 is 16.0 Å². The van der Waals surface area contributed by atoms with Crippen LogP contribution in [0.2, 0.25) is 0 Å². The molecule has 1 aliphatic rings. The average Bonchev–Trinajstić information content (AvgIpc) is 2.77. The monoisotopic (exact) mass is 417 g/mol. The van der Waals surface area contributed by atoms with Gasteiger partial charge in [-0.25, -0.2) is 14.2 Å². The Balaban J connectivity index is 1.40. The standard InChI is InChI=1S/C20H24FN5O4/c21-13-1-3-14(4-2-13)25-20(29)24-8-7-15-5-6-16(18(12-27)30-15)26-19(28)17-11-22-9-10-23-17/h1-4,9-11,15-16,18,27H,5-8,12H2,(H,26,28)(H2,24,25,29)/t15-,16-,18-/m1/s1. The van der Waals surface area contributed by atoms with Crippen molar-refractivity contribution in [3.63, 3.8) is 0 Å². The number of hydrogen-bond donors (Lipinski definition) is 4. The predicted octanol–water partition coefficient (Wildman–Crippen LogP) is 1.47. The van der Waals surface area contributed by atoms with Gasteiger partial charge in [0.2, 0.25) is 0 Å². The van der Waals surface area contributed by atoms with Crippen LogP contribution in [0, 0.1) is 5.82 Å². The fourth-order valence-electron chi connectivity index (χ4n) is 3.22. The molecule has 9 nitrogen and oxygen atoms in total. The van der Waals surface area contributed by atoms with Crippen LogP contribution in [0.1, 0.15) is 29.8 Å². The van der Waals surface area contributed by atoms with E-state index in [0.717, 1.165) is 0 Å². The number of benzene rings is 1. The Bertz CT molecular complexity index is 837. The summed E-state index contributed by atoms with van der Waals surface area (Å²) in [5, 5.41) is 17.8. The van der Waals surface area contributed by atoms with Gasteiger partial charge in [-0.15, -0.1) is 0 Å². The average molecular weight is 417 g/mol. The third-order valence-electron chi connectivity index (χ3n) is 4.76. The molecule has 10 heteroatoms. The molecular weight excluding hydrogens is 393 g/mol. The summed E-state index contributed by atoms with van der Waals surface area (Å²) >= 11 is 0. The molecule has 0 saturated carbocycles. The zero-order chi connectivity index (χ0) is 21.3. The Kier molecular flexibility index (Phi) is 7.63. The highest BCUT2D eigenvalue weighted by Crippen LogP contribution is 2.22. The third kappa shape index (κ3) is 6.19. The number of halogens is 1. The van der Waals surface area contributed by atoms with Crippen LogP contribution in [0.25, 0.3) is 0 Å². The number of aromatic nitrogens is 2. The first-order chi connectivity index (χ1) is 14.5. The molecule has 160 valence electrons. The molecule has 0 aliphatic carbocycles. The molecule has 3 rings (SSSR count). The van der Waals surface area contributed by atoms with E-state index >= 15 is 0 Å². The molecule has 1 aromatic heterocycles. The molecule has 2 heterocycles. The van der Waals surface area contributed by atoms with E-state index in [2.05, 4.69) is 25.9 Å². The lowest BCUT2D eigenvalue weighted by Gasteiger charge is -2.36. The van der Waals surface area contributed by atoms with E-state index in [-0.39, 0.29) is 36.2 Å². The second-order valence-electron chi connectivity index (χ2n) is 6.90. The Morgan fingerprint density at radius 2 is 2.00 bits per heavy atom. The highest BCUT2D eigenvalue weighted by atomic mass is 19.1. The van der Waals surface area contributed by atoms with E-state index in [1.807, 2.05) is 0 Å². The van der Waals surface area contributed by atoms with Gasteiger partial charge in [0.1, 0.15) is 17.6 Å². The van der Waals surface area contributed by atoms with Crippen LogP contribution >= 0.6 is 0 Å². The third-order valence-corrected chi connectivity index (χ3v) is 4.76. The van der Waals surface area contributed by atoms with Gasteiger partial charge in [-0.05, 0) is 43.5 Å². The molecule has 0 bridgehead atoms. The fraction of sp³-hybridized carbons (Fsp3) is 0.400. The topological polar surface area (TPSA) is 125 Å². The molecule has 1 aromatic carbocycles. The number of anilines is 1. The lowest BCUT2D eigenvalue weighted by atomic mass is 9.97. The van der Waals surface area contributed by atoms with Crippen molar-refractivity contribution in [2.24, 2.45) is 0 Å². The maximum absolute atomic E-state index is 12.9. The molecule has 3 amide bonds. The number of rotatable bonds is 7. The van der Waals surface area contributed by atoms with E-state index in [9.17, 15) is 19.1 Å². The van der Waals surface area contributed by atoms with Crippen molar-refractivity contribution in [1.29, 1.82) is 0 Å². The molecular formula is C20H24FN5O4. The van der Waals surface area contributed by atoms with Gasteiger partial charge in [-0.2, -0.15) is 0 Å². The minimum absolute atomic E-state index is 0.155. The highest BCUT2D eigenvalue weighted by Gasteiger charge is 2.32. The number of amides is 3. The SMILES string of the molecule is O=C(NCC[C@H]1CC[C@@H](NC(=O)c2cnccn2)[C@@H](CO)O1)Nc1ccc(F)cc1. The smallest absolute Gasteiger partial charge is 0.319 e. The first kappa shape index (κ1) is 21.6. The number of aliphatic hydroxyl groups is 1. The van der Waals surface area contributed by atoms with E-state index < -0.39 is 12.1 Å². The van der Waals surface area contributed by atoms with Gasteiger partial charge in [0.05, 0.1) is 24.9 Å². The van der Waals surface area contributed by atoms with Crippen molar-refractivity contribution >= 4 is 17.6 Å². The molecule has 3 atom stereocenters. The number of nitrogens with zero attached hydrogens (tertiary/aromatic N) is 2. The summed E-state index contributed by atoms with van der Waals surface area (Å²) in [6, 6.07) is 4.74. The van der Waals surface area contributed by atoms with Gasteiger partial charge >= 0.3 is 6.03 Å². The predicted molar refractivity (Wildman–Crippen MR) is 106 cm³/mol. The summed E-state index contributed by atoms with van der Waals surface area (Å²) in [4.78, 5) is 32.0. The number of carbonyl (C=O) groups is 2. The van der Waals surface area contributed by atoms with Crippen LogP contribution in [0.15, 0.2) is 42.9 Å². The molecule has 2 aromatic rings. The van der Waals surface area contributed by atoms with Crippen molar-refractivity contribution in [1.82, 2.24) is 20.6 Å². The second-order valence-corrected chi connectivity index (χ2v) is 6.90. The first-order valence-corrected chi connectivity index (χ1v) is 9.68. The van der Waals surface area contributed by atoms with Crippen molar-refractivity contribution in [2.75, 3.05) is 18.5 Å². The van der Waals surface area contributed by atoms with Crippen LogP contribution in [-0.4, -0.2) is 58.4 Å². The number of carbonyl (C=O) groups excluding carboxylic acids is 2. The molecule has 1 saturated heterocycles. The Hall–Kier alpha value is -3.11. The van der Waals surface area contributed by atoms with Gasteiger partial charge in [-0.3, -0.25) is 9.78 Å². The Morgan fingerprint density at radius 3 is 2.70 bits per heavy atom. The first-order valence-electron chi connectivity index (χ1n) is 9.68. The van der Waals surface area contributed by atoms with Crippen LogP contribution in [0.5, 0.6) is 0 Å². The summed E-state index contributed by atoms with van der Waals surface area (Å²) in [5.74, 6) is -0.743. The van der Waals surface area contributed by atoms with Crippen LogP contribution in [0.3, 0.4) is 0 Å². The van der Waals surface area contributed by atoms with Crippen LogP contribution in [-0.2, 0) is 4.74 Å². The zero-order valence-corrected chi connectivity index (χ0v) is 16.3. The number of urea groups is 1. The van der Waals surface area contributed by atoms with Gasteiger partial charge in [0.15, 0.2) is 0 Å². The quantitative estimate of drug-likeness (QED) is 0.541. The minimum Gasteiger partial charge on any atom is -0.394 e. The zero-order valence-electron chi connectivity index (χ0n) is 16.3. The van der Waals surface area contributed by atoms with E-state index in [1.165, 1.54) is 42.9 Å². The van der Waals surface area contributed by atoms with Crippen molar-refractivity contribution in [2.45, 2.75) is 37.5 Å². The molecule has 30 heavy (non-hydrogen) atoms.